The van der Waals surface area contributed by atoms with Crippen molar-refractivity contribution in [3.63, 3.8) is 0 Å². The van der Waals surface area contributed by atoms with Gasteiger partial charge in [-0.05, 0) is 49.6 Å². The largest absolute Gasteiger partial charge is 0.379 e. The zero-order valence-electron chi connectivity index (χ0n) is 18.4. The summed E-state index contributed by atoms with van der Waals surface area (Å²) in [7, 11) is 0. The van der Waals surface area contributed by atoms with Gasteiger partial charge in [-0.1, -0.05) is 42.0 Å². The van der Waals surface area contributed by atoms with E-state index in [2.05, 4.69) is 43.0 Å². The SMILES string of the molecule is CCc1ccc2nc(N(CCN3CCOCC3)C(=O)c3ccc(C)cc3C)sc2c1.Cl. The lowest BCUT2D eigenvalue weighted by molar-refractivity contribution is 0.0391. The van der Waals surface area contributed by atoms with Crippen molar-refractivity contribution in [2.45, 2.75) is 27.2 Å². The molecule has 0 spiro atoms. The Balaban J connectivity index is 0.00000272. The summed E-state index contributed by atoms with van der Waals surface area (Å²) in [6.07, 6.45) is 0.991. The number of halogens is 1. The van der Waals surface area contributed by atoms with E-state index in [0.717, 1.165) is 71.3 Å². The zero-order chi connectivity index (χ0) is 21.1. The smallest absolute Gasteiger partial charge is 0.260 e. The molecule has 1 aromatic heterocycles. The molecule has 0 radical (unpaired) electrons. The second-order valence-electron chi connectivity index (χ2n) is 7.88. The van der Waals surface area contributed by atoms with E-state index in [1.54, 1.807) is 11.3 Å². The van der Waals surface area contributed by atoms with Crippen LogP contribution in [0, 0.1) is 13.8 Å². The van der Waals surface area contributed by atoms with Crippen molar-refractivity contribution >= 4 is 45.0 Å². The van der Waals surface area contributed by atoms with E-state index in [4.69, 9.17) is 9.72 Å². The molecular formula is C24H30ClN3O2S. The maximum Gasteiger partial charge on any atom is 0.260 e. The summed E-state index contributed by atoms with van der Waals surface area (Å²) < 4.78 is 6.60. The molecule has 31 heavy (non-hydrogen) atoms. The van der Waals surface area contributed by atoms with Crippen LogP contribution >= 0.6 is 23.7 Å². The number of hydrogen-bond acceptors (Lipinski definition) is 5. The minimum Gasteiger partial charge on any atom is -0.379 e. The lowest BCUT2D eigenvalue weighted by atomic mass is 10.0. The summed E-state index contributed by atoms with van der Waals surface area (Å²) in [4.78, 5) is 22.6. The van der Waals surface area contributed by atoms with Gasteiger partial charge in [0, 0.05) is 31.7 Å². The van der Waals surface area contributed by atoms with Crippen molar-refractivity contribution in [1.82, 2.24) is 9.88 Å². The average molecular weight is 460 g/mol. The van der Waals surface area contributed by atoms with Crippen LogP contribution in [-0.2, 0) is 11.2 Å². The first-order chi connectivity index (χ1) is 14.5. The van der Waals surface area contributed by atoms with Gasteiger partial charge in [0.1, 0.15) is 0 Å². The molecule has 0 bridgehead atoms. The van der Waals surface area contributed by atoms with Gasteiger partial charge in [-0.25, -0.2) is 4.98 Å². The third-order valence-corrected chi connectivity index (χ3v) is 6.72. The average Bonchev–Trinajstić information content (AvgIpc) is 3.17. The molecule has 4 rings (SSSR count). The number of ether oxygens (including phenoxy) is 1. The standard InChI is InChI=1S/C24H29N3O2S.ClH/c1-4-19-6-8-21-22(16-19)30-24(25-21)27(10-9-26-11-13-29-14-12-26)23(28)20-7-5-17(2)15-18(20)3;/h5-8,15-16H,4,9-14H2,1-3H3;1H. The van der Waals surface area contributed by atoms with Crippen LogP contribution in [0.15, 0.2) is 36.4 Å². The van der Waals surface area contributed by atoms with E-state index < -0.39 is 0 Å². The fourth-order valence-electron chi connectivity index (χ4n) is 3.84. The van der Waals surface area contributed by atoms with Crippen LogP contribution in [0.5, 0.6) is 0 Å². The predicted octanol–water partition coefficient (Wildman–Crippen LogP) is 4.88. The van der Waals surface area contributed by atoms with E-state index in [1.807, 2.05) is 24.0 Å². The number of rotatable bonds is 6. The Bertz CT molecular complexity index is 1050. The monoisotopic (exact) mass is 459 g/mol. The van der Waals surface area contributed by atoms with E-state index >= 15 is 0 Å². The van der Waals surface area contributed by atoms with Crippen LogP contribution in [0.1, 0.15) is 34.0 Å². The number of morpholine rings is 1. The Labute approximate surface area is 194 Å². The summed E-state index contributed by atoms with van der Waals surface area (Å²) in [6.45, 7) is 11.0. The Hall–Kier alpha value is -1.99. The Morgan fingerprint density at radius 3 is 2.65 bits per heavy atom. The number of anilines is 1. The first-order valence-electron chi connectivity index (χ1n) is 10.6. The van der Waals surface area contributed by atoms with Gasteiger partial charge >= 0.3 is 0 Å². The fraction of sp³-hybridized carbons (Fsp3) is 0.417. The molecule has 1 aliphatic rings. The summed E-state index contributed by atoms with van der Waals surface area (Å²) >= 11 is 1.60. The second-order valence-corrected chi connectivity index (χ2v) is 8.89. The van der Waals surface area contributed by atoms with E-state index in [-0.39, 0.29) is 18.3 Å². The molecule has 0 saturated carbocycles. The number of aromatic nitrogens is 1. The van der Waals surface area contributed by atoms with Crippen LogP contribution in [0.2, 0.25) is 0 Å². The van der Waals surface area contributed by atoms with Gasteiger partial charge in [-0.3, -0.25) is 14.6 Å². The van der Waals surface area contributed by atoms with Gasteiger partial charge in [0.15, 0.2) is 5.13 Å². The highest BCUT2D eigenvalue weighted by molar-refractivity contribution is 7.22. The normalized spacial score (nSPS) is 14.4. The number of carbonyl (C=O) groups is 1. The van der Waals surface area contributed by atoms with Gasteiger partial charge in [-0.15, -0.1) is 12.4 Å². The molecule has 0 aliphatic carbocycles. The number of thiazole rings is 1. The quantitative estimate of drug-likeness (QED) is 0.527. The van der Waals surface area contributed by atoms with Crippen LogP contribution in [-0.4, -0.2) is 55.2 Å². The molecular weight excluding hydrogens is 430 g/mol. The molecule has 2 aromatic carbocycles. The third-order valence-electron chi connectivity index (χ3n) is 5.68. The molecule has 1 amide bonds. The third kappa shape index (κ3) is 5.44. The van der Waals surface area contributed by atoms with Crippen molar-refractivity contribution in [2.24, 2.45) is 0 Å². The molecule has 1 saturated heterocycles. The molecule has 1 aliphatic heterocycles. The minimum absolute atomic E-state index is 0. The highest BCUT2D eigenvalue weighted by Gasteiger charge is 2.24. The van der Waals surface area contributed by atoms with E-state index in [0.29, 0.717) is 6.54 Å². The Morgan fingerprint density at radius 2 is 1.94 bits per heavy atom. The molecule has 3 aromatic rings. The second kappa shape index (κ2) is 10.6. The molecule has 0 N–H and O–H groups in total. The van der Waals surface area contributed by atoms with Crippen LogP contribution < -0.4 is 4.90 Å². The lowest BCUT2D eigenvalue weighted by Crippen LogP contribution is -2.43. The number of aryl methyl sites for hydroxylation is 3. The zero-order valence-corrected chi connectivity index (χ0v) is 20.0. The fourth-order valence-corrected chi connectivity index (χ4v) is 4.90. The first kappa shape index (κ1) is 23.7. The minimum atomic E-state index is 0. The van der Waals surface area contributed by atoms with Gasteiger partial charge in [0.05, 0.1) is 23.4 Å². The lowest BCUT2D eigenvalue weighted by Gasteiger charge is -2.29. The number of nitrogens with zero attached hydrogens (tertiary/aromatic N) is 3. The summed E-state index contributed by atoms with van der Waals surface area (Å²) in [6, 6.07) is 12.4. The molecule has 1 fully saturated rings. The van der Waals surface area contributed by atoms with Crippen LogP contribution in [0.4, 0.5) is 5.13 Å². The number of hydrogen-bond donors (Lipinski definition) is 0. The van der Waals surface area contributed by atoms with Gasteiger partial charge in [0.2, 0.25) is 0 Å². The van der Waals surface area contributed by atoms with Crippen LogP contribution in [0.25, 0.3) is 10.2 Å². The highest BCUT2D eigenvalue weighted by Crippen LogP contribution is 2.31. The number of amides is 1. The van der Waals surface area contributed by atoms with E-state index in [9.17, 15) is 4.79 Å². The number of carbonyl (C=O) groups excluding carboxylic acids is 1. The molecule has 2 heterocycles. The maximum absolute atomic E-state index is 13.6. The Morgan fingerprint density at radius 1 is 1.16 bits per heavy atom. The van der Waals surface area contributed by atoms with Crippen molar-refractivity contribution in [1.29, 1.82) is 0 Å². The molecule has 0 atom stereocenters. The van der Waals surface area contributed by atoms with Gasteiger partial charge in [0.25, 0.3) is 5.91 Å². The predicted molar refractivity (Wildman–Crippen MR) is 131 cm³/mol. The Kier molecular flexibility index (Phi) is 8.06. The maximum atomic E-state index is 13.6. The molecule has 166 valence electrons. The number of fused-ring (bicyclic) bond motifs is 1. The van der Waals surface area contributed by atoms with Crippen molar-refractivity contribution in [3.05, 3.63) is 58.7 Å². The molecule has 0 unspecified atom stereocenters. The van der Waals surface area contributed by atoms with E-state index in [1.165, 1.54) is 5.56 Å². The number of benzene rings is 2. The van der Waals surface area contributed by atoms with Crippen molar-refractivity contribution in [3.8, 4) is 0 Å². The first-order valence-corrected chi connectivity index (χ1v) is 11.5. The molecule has 7 heteroatoms. The highest BCUT2D eigenvalue weighted by atomic mass is 35.5. The topological polar surface area (TPSA) is 45.7 Å². The van der Waals surface area contributed by atoms with Crippen molar-refractivity contribution < 1.29 is 9.53 Å². The summed E-state index contributed by atoms with van der Waals surface area (Å²) in [5, 5.41) is 0.775. The molecule has 5 nitrogen and oxygen atoms in total. The summed E-state index contributed by atoms with van der Waals surface area (Å²) in [5.74, 6) is 0.0236. The van der Waals surface area contributed by atoms with Gasteiger partial charge < -0.3 is 4.74 Å². The summed E-state index contributed by atoms with van der Waals surface area (Å²) in [5.41, 5.74) is 5.16. The van der Waals surface area contributed by atoms with Gasteiger partial charge in [-0.2, -0.15) is 0 Å². The van der Waals surface area contributed by atoms with Crippen LogP contribution in [0.3, 0.4) is 0 Å². The van der Waals surface area contributed by atoms with Crippen molar-refractivity contribution in [2.75, 3.05) is 44.3 Å².